The Morgan fingerprint density at radius 3 is 2.08 bits per heavy atom. The van der Waals surface area contributed by atoms with E-state index in [4.69, 9.17) is 4.74 Å². The van der Waals surface area contributed by atoms with Gasteiger partial charge in [-0.1, -0.05) is 24.3 Å². The molecule has 0 spiro atoms. The molecule has 0 atom stereocenters. The number of nitrogens with zero attached hydrogens (tertiary/aromatic N) is 1. The molecular weight excluding hydrogens is 314 g/mol. The van der Waals surface area contributed by atoms with Gasteiger partial charge in [-0.2, -0.15) is 0 Å². The second kappa shape index (κ2) is 5.09. The average Bonchev–Trinajstić information content (AvgIpc) is 2.38. The first kappa shape index (κ1) is 16.6. The molecule has 0 unspecified atom stereocenters. The van der Waals surface area contributed by atoms with Gasteiger partial charge in [-0.25, -0.2) is 4.79 Å². The maximum Gasteiger partial charge on any atom is 0.410 e. The van der Waals surface area contributed by atoms with Gasteiger partial charge in [0.1, 0.15) is 5.60 Å². The van der Waals surface area contributed by atoms with Crippen molar-refractivity contribution in [3.63, 3.8) is 0 Å². The Morgan fingerprint density at radius 2 is 1.64 bits per heavy atom. The summed E-state index contributed by atoms with van der Waals surface area (Å²) in [5.41, 5.74) is 1.56. The van der Waals surface area contributed by atoms with E-state index in [-0.39, 0.29) is 11.9 Å². The fourth-order valence-corrected chi connectivity index (χ4v) is 4.55. The number of benzene rings is 1. The molecule has 1 saturated heterocycles. The zero-order valence-corrected chi connectivity index (χ0v) is 15.6. The molecular formula is C21H27NO3. The number of hydrogen-bond donors (Lipinski definition) is 0. The first-order valence-corrected chi connectivity index (χ1v) is 9.24. The van der Waals surface area contributed by atoms with Crippen LogP contribution in [-0.2, 0) is 10.2 Å². The number of ether oxygens (including phenoxy) is 1. The van der Waals surface area contributed by atoms with Gasteiger partial charge in [-0.15, -0.1) is 0 Å². The smallest absolute Gasteiger partial charge is 0.410 e. The highest BCUT2D eigenvalue weighted by Gasteiger charge is 2.57. The van der Waals surface area contributed by atoms with Crippen molar-refractivity contribution in [3.05, 3.63) is 35.4 Å². The highest BCUT2D eigenvalue weighted by Crippen LogP contribution is 2.65. The summed E-state index contributed by atoms with van der Waals surface area (Å²) in [5.74, 6) is 1.07. The third kappa shape index (κ3) is 2.66. The van der Waals surface area contributed by atoms with Crippen LogP contribution < -0.4 is 0 Å². The van der Waals surface area contributed by atoms with Gasteiger partial charge in [0.2, 0.25) is 0 Å². The van der Waals surface area contributed by atoms with Crippen molar-refractivity contribution >= 4 is 11.9 Å². The number of likely N-dealkylation sites (tertiary alicyclic amines) is 1. The van der Waals surface area contributed by atoms with E-state index in [2.05, 4.69) is 12.1 Å². The predicted molar refractivity (Wildman–Crippen MR) is 95.7 cm³/mol. The fourth-order valence-electron chi connectivity index (χ4n) is 4.55. The SMILES string of the molecule is CC(C)(C)OC(=O)N1CC(C)(C(=O)c2ccc(C34CC(C3)C4)cc2)C1. The van der Waals surface area contributed by atoms with E-state index in [1.54, 1.807) is 4.90 Å². The number of rotatable bonds is 3. The molecule has 1 aromatic carbocycles. The minimum absolute atomic E-state index is 0.122. The van der Waals surface area contributed by atoms with Crippen LogP contribution in [0.5, 0.6) is 0 Å². The lowest BCUT2D eigenvalue weighted by Gasteiger charge is -2.62. The molecule has 1 heterocycles. The van der Waals surface area contributed by atoms with Crippen LogP contribution in [0.3, 0.4) is 0 Å². The van der Waals surface area contributed by atoms with Crippen molar-refractivity contribution in [2.24, 2.45) is 11.3 Å². The standard InChI is InChI=1S/C21H27NO3/c1-19(2,3)25-18(24)22-12-20(4,13-22)17(23)15-5-7-16(8-6-15)21-9-14(10-21)11-21/h5-8,14H,9-13H2,1-4H3. The van der Waals surface area contributed by atoms with Crippen molar-refractivity contribution in [2.75, 3.05) is 13.1 Å². The number of ketones is 1. The molecule has 5 rings (SSSR count). The molecule has 3 aliphatic carbocycles. The molecule has 1 aliphatic heterocycles. The maximum atomic E-state index is 12.9. The molecule has 2 bridgehead atoms. The van der Waals surface area contributed by atoms with Crippen LogP contribution >= 0.6 is 0 Å². The molecule has 4 fully saturated rings. The molecule has 4 aliphatic rings. The summed E-state index contributed by atoms with van der Waals surface area (Å²) >= 11 is 0. The molecule has 1 aromatic rings. The van der Waals surface area contributed by atoms with Crippen LogP contribution in [0.4, 0.5) is 4.79 Å². The number of hydrogen-bond acceptors (Lipinski definition) is 3. The summed E-state index contributed by atoms with van der Waals surface area (Å²) in [7, 11) is 0. The normalized spacial score (nSPS) is 29.1. The highest BCUT2D eigenvalue weighted by atomic mass is 16.6. The Hall–Kier alpha value is -1.84. The maximum absolute atomic E-state index is 12.9. The van der Waals surface area contributed by atoms with E-state index in [9.17, 15) is 9.59 Å². The van der Waals surface area contributed by atoms with Gasteiger partial charge < -0.3 is 9.64 Å². The molecule has 25 heavy (non-hydrogen) atoms. The third-order valence-electron chi connectivity index (χ3n) is 6.08. The molecule has 4 heteroatoms. The average molecular weight is 341 g/mol. The second-order valence-electron chi connectivity index (χ2n) is 9.56. The monoisotopic (exact) mass is 341 g/mol. The number of carbonyl (C=O) groups is 2. The van der Waals surface area contributed by atoms with Crippen LogP contribution in [-0.4, -0.2) is 35.5 Å². The van der Waals surface area contributed by atoms with Crippen LogP contribution in [0.2, 0.25) is 0 Å². The Bertz CT molecular complexity index is 705. The molecule has 0 radical (unpaired) electrons. The van der Waals surface area contributed by atoms with Crippen LogP contribution in [0.1, 0.15) is 62.9 Å². The lowest BCUT2D eigenvalue weighted by atomic mass is 9.42. The molecule has 4 nitrogen and oxygen atoms in total. The van der Waals surface area contributed by atoms with Crippen LogP contribution in [0.25, 0.3) is 0 Å². The summed E-state index contributed by atoms with van der Waals surface area (Å²) in [5, 5.41) is 0. The van der Waals surface area contributed by atoms with Gasteiger partial charge in [0.15, 0.2) is 5.78 Å². The fraction of sp³-hybridized carbons (Fsp3) is 0.619. The summed E-state index contributed by atoms with van der Waals surface area (Å²) in [6, 6.07) is 8.21. The summed E-state index contributed by atoms with van der Waals surface area (Å²) in [4.78, 5) is 26.6. The van der Waals surface area contributed by atoms with E-state index in [0.29, 0.717) is 18.5 Å². The second-order valence-corrected chi connectivity index (χ2v) is 9.56. The van der Waals surface area contributed by atoms with E-state index < -0.39 is 11.0 Å². The zero-order valence-electron chi connectivity index (χ0n) is 15.6. The van der Waals surface area contributed by atoms with Crippen molar-refractivity contribution in [3.8, 4) is 0 Å². The summed E-state index contributed by atoms with van der Waals surface area (Å²) < 4.78 is 5.37. The minimum atomic E-state index is -0.510. The largest absolute Gasteiger partial charge is 0.444 e. The van der Waals surface area contributed by atoms with Crippen molar-refractivity contribution in [1.82, 2.24) is 4.90 Å². The number of carbonyl (C=O) groups excluding carboxylic acids is 2. The van der Waals surface area contributed by atoms with Gasteiger partial charge in [0, 0.05) is 18.7 Å². The van der Waals surface area contributed by atoms with Gasteiger partial charge >= 0.3 is 6.09 Å². The molecule has 0 N–H and O–H groups in total. The first-order chi connectivity index (χ1) is 11.6. The topological polar surface area (TPSA) is 46.6 Å². The summed E-state index contributed by atoms with van der Waals surface area (Å²) in [6.45, 7) is 8.33. The first-order valence-electron chi connectivity index (χ1n) is 9.24. The highest BCUT2D eigenvalue weighted by molar-refractivity contribution is 6.02. The summed E-state index contributed by atoms with van der Waals surface area (Å²) in [6.07, 6.45) is 3.63. The lowest BCUT2D eigenvalue weighted by Crippen LogP contribution is -2.61. The van der Waals surface area contributed by atoms with E-state index in [0.717, 1.165) is 11.5 Å². The molecule has 3 saturated carbocycles. The number of Topliss-reactive ketones (excluding diaryl/α,β-unsaturated/α-hetero) is 1. The third-order valence-corrected chi connectivity index (χ3v) is 6.08. The minimum Gasteiger partial charge on any atom is -0.444 e. The quantitative estimate of drug-likeness (QED) is 0.775. The van der Waals surface area contributed by atoms with Gasteiger partial charge in [0.05, 0.1) is 5.41 Å². The van der Waals surface area contributed by atoms with Gasteiger partial charge in [-0.05, 0) is 63.9 Å². The Balaban J connectivity index is 1.39. The van der Waals surface area contributed by atoms with Crippen molar-refractivity contribution < 1.29 is 14.3 Å². The van der Waals surface area contributed by atoms with Gasteiger partial charge in [0.25, 0.3) is 0 Å². The molecule has 1 amide bonds. The van der Waals surface area contributed by atoms with E-state index in [1.165, 1.54) is 24.8 Å². The Labute approximate surface area is 149 Å². The van der Waals surface area contributed by atoms with E-state index in [1.807, 2.05) is 39.8 Å². The van der Waals surface area contributed by atoms with Crippen molar-refractivity contribution in [2.45, 2.75) is 58.0 Å². The Morgan fingerprint density at radius 1 is 1.08 bits per heavy atom. The Kier molecular flexibility index (Phi) is 3.38. The van der Waals surface area contributed by atoms with Gasteiger partial charge in [-0.3, -0.25) is 4.79 Å². The lowest BCUT2D eigenvalue weighted by molar-refractivity contribution is -0.0274. The zero-order chi connectivity index (χ0) is 18.0. The molecule has 0 aromatic heterocycles. The van der Waals surface area contributed by atoms with Crippen LogP contribution in [0.15, 0.2) is 24.3 Å². The molecule has 134 valence electrons. The van der Waals surface area contributed by atoms with Crippen LogP contribution in [0, 0.1) is 11.3 Å². The van der Waals surface area contributed by atoms with E-state index >= 15 is 0 Å². The predicted octanol–water partition coefficient (Wildman–Crippen LogP) is 4.18. The number of amides is 1. The van der Waals surface area contributed by atoms with Crippen molar-refractivity contribution in [1.29, 1.82) is 0 Å².